The van der Waals surface area contributed by atoms with Gasteiger partial charge in [-0.15, -0.1) is 0 Å². The first-order valence-corrected chi connectivity index (χ1v) is 6.94. The van der Waals surface area contributed by atoms with Crippen molar-refractivity contribution >= 4 is 17.7 Å². The molecule has 0 bridgehead atoms. The Morgan fingerprint density at radius 3 is 2.57 bits per heavy atom. The van der Waals surface area contributed by atoms with Crippen LogP contribution >= 0.6 is 0 Å². The largest absolute Gasteiger partial charge is 0.469 e. The summed E-state index contributed by atoms with van der Waals surface area (Å²) in [7, 11) is 5.17. The lowest BCUT2D eigenvalue weighted by molar-refractivity contribution is -0.146. The number of ether oxygens (including phenoxy) is 1. The Morgan fingerprint density at radius 2 is 2.05 bits per heavy atom. The van der Waals surface area contributed by atoms with E-state index in [1.54, 1.807) is 17.2 Å². The maximum atomic E-state index is 12.5. The van der Waals surface area contributed by atoms with Crippen LogP contribution in [0.4, 0.5) is 5.82 Å². The third-order valence-corrected chi connectivity index (χ3v) is 3.86. The van der Waals surface area contributed by atoms with Gasteiger partial charge in [-0.3, -0.25) is 9.59 Å². The molecule has 2 heterocycles. The molecule has 2 rings (SSSR count). The fourth-order valence-corrected chi connectivity index (χ4v) is 2.55. The monoisotopic (exact) mass is 291 g/mol. The molecule has 1 aromatic heterocycles. The summed E-state index contributed by atoms with van der Waals surface area (Å²) in [5, 5.41) is 0. The Morgan fingerprint density at radius 1 is 1.33 bits per heavy atom. The maximum absolute atomic E-state index is 12.5. The van der Waals surface area contributed by atoms with E-state index >= 15 is 0 Å². The van der Waals surface area contributed by atoms with Crippen molar-refractivity contribution in [2.45, 2.75) is 6.92 Å². The second-order valence-electron chi connectivity index (χ2n) is 5.62. The average molecular weight is 291 g/mol. The number of methoxy groups -OCH3 is 1. The second kappa shape index (κ2) is 6.11. The zero-order chi connectivity index (χ0) is 15.6. The highest BCUT2D eigenvalue weighted by Crippen LogP contribution is 2.25. The summed E-state index contributed by atoms with van der Waals surface area (Å²) in [6.07, 6.45) is 1.58. The van der Waals surface area contributed by atoms with Crippen LogP contribution in [0.15, 0.2) is 18.3 Å². The van der Waals surface area contributed by atoms with Crippen LogP contribution in [0.1, 0.15) is 17.3 Å². The zero-order valence-electron chi connectivity index (χ0n) is 12.9. The fourth-order valence-electron chi connectivity index (χ4n) is 2.55. The van der Waals surface area contributed by atoms with Crippen LogP contribution in [0, 0.1) is 11.8 Å². The molecule has 6 heteroatoms. The van der Waals surface area contributed by atoms with Gasteiger partial charge in [-0.1, -0.05) is 6.92 Å². The molecule has 114 valence electrons. The molecule has 1 aromatic rings. The standard InChI is InChI=1S/C15H21N3O3/c1-10-8-18(9-12(10)15(20)21-4)14(19)11-5-6-13(16-7-11)17(2)3/h5-7,10,12H,8-9H2,1-4H3. The van der Waals surface area contributed by atoms with E-state index in [9.17, 15) is 9.59 Å². The van der Waals surface area contributed by atoms with Gasteiger partial charge in [0.25, 0.3) is 5.91 Å². The molecule has 0 aromatic carbocycles. The van der Waals surface area contributed by atoms with E-state index in [4.69, 9.17) is 4.74 Å². The fraction of sp³-hybridized carbons (Fsp3) is 0.533. The Hall–Kier alpha value is -2.11. The number of nitrogens with zero attached hydrogens (tertiary/aromatic N) is 3. The van der Waals surface area contributed by atoms with E-state index in [1.165, 1.54) is 7.11 Å². The van der Waals surface area contributed by atoms with Gasteiger partial charge >= 0.3 is 5.97 Å². The van der Waals surface area contributed by atoms with E-state index in [0.717, 1.165) is 5.82 Å². The molecule has 0 aliphatic carbocycles. The Labute approximate surface area is 124 Å². The molecule has 2 unspecified atom stereocenters. The number of pyridine rings is 1. The quantitative estimate of drug-likeness (QED) is 0.778. The summed E-state index contributed by atoms with van der Waals surface area (Å²) in [4.78, 5) is 31.9. The van der Waals surface area contributed by atoms with Crippen molar-refractivity contribution in [3.05, 3.63) is 23.9 Å². The van der Waals surface area contributed by atoms with Gasteiger partial charge in [-0.05, 0) is 18.1 Å². The molecule has 0 spiro atoms. The van der Waals surface area contributed by atoms with Crippen molar-refractivity contribution in [2.75, 3.05) is 39.2 Å². The van der Waals surface area contributed by atoms with E-state index in [1.807, 2.05) is 32.0 Å². The minimum Gasteiger partial charge on any atom is -0.469 e. The normalized spacial score (nSPS) is 21.2. The molecule has 1 aliphatic heterocycles. The van der Waals surface area contributed by atoms with Gasteiger partial charge in [0.2, 0.25) is 0 Å². The molecular formula is C15H21N3O3. The number of hydrogen-bond acceptors (Lipinski definition) is 5. The zero-order valence-corrected chi connectivity index (χ0v) is 12.9. The van der Waals surface area contributed by atoms with Crippen LogP contribution in [0.3, 0.4) is 0 Å². The number of carbonyl (C=O) groups is 2. The molecule has 1 saturated heterocycles. The number of hydrogen-bond donors (Lipinski definition) is 0. The maximum Gasteiger partial charge on any atom is 0.310 e. The average Bonchev–Trinajstić information content (AvgIpc) is 2.87. The lowest BCUT2D eigenvalue weighted by Gasteiger charge is -2.17. The number of anilines is 1. The number of likely N-dealkylation sites (tertiary alicyclic amines) is 1. The highest BCUT2D eigenvalue weighted by atomic mass is 16.5. The van der Waals surface area contributed by atoms with Gasteiger partial charge in [-0.25, -0.2) is 4.98 Å². The second-order valence-corrected chi connectivity index (χ2v) is 5.62. The number of esters is 1. The first kappa shape index (κ1) is 15.3. The minimum absolute atomic E-state index is 0.0916. The Kier molecular flexibility index (Phi) is 4.45. The summed E-state index contributed by atoms with van der Waals surface area (Å²) in [6, 6.07) is 3.57. The van der Waals surface area contributed by atoms with Crippen molar-refractivity contribution < 1.29 is 14.3 Å². The summed E-state index contributed by atoms with van der Waals surface area (Å²) in [6.45, 7) is 2.93. The predicted octanol–water partition coefficient (Wildman–Crippen LogP) is 1.03. The van der Waals surface area contributed by atoms with E-state index in [-0.39, 0.29) is 23.7 Å². The van der Waals surface area contributed by atoms with Gasteiger partial charge in [0.05, 0.1) is 18.6 Å². The topological polar surface area (TPSA) is 62.7 Å². The van der Waals surface area contributed by atoms with E-state index in [0.29, 0.717) is 18.7 Å². The Bertz CT molecular complexity index is 527. The molecule has 0 N–H and O–H groups in total. The smallest absolute Gasteiger partial charge is 0.310 e. The highest BCUT2D eigenvalue weighted by Gasteiger charge is 2.37. The van der Waals surface area contributed by atoms with Crippen LogP contribution in [0.2, 0.25) is 0 Å². The number of aromatic nitrogens is 1. The molecular weight excluding hydrogens is 270 g/mol. The number of amides is 1. The van der Waals surface area contributed by atoms with Gasteiger partial charge in [-0.2, -0.15) is 0 Å². The molecule has 1 aliphatic rings. The van der Waals surface area contributed by atoms with Crippen molar-refractivity contribution in [3.8, 4) is 0 Å². The predicted molar refractivity (Wildman–Crippen MR) is 79.1 cm³/mol. The molecule has 0 radical (unpaired) electrons. The van der Waals surface area contributed by atoms with Crippen molar-refractivity contribution in [1.82, 2.24) is 9.88 Å². The minimum atomic E-state index is -0.251. The molecule has 0 saturated carbocycles. The van der Waals surface area contributed by atoms with E-state index < -0.39 is 0 Å². The van der Waals surface area contributed by atoms with Gasteiger partial charge in [0.1, 0.15) is 5.82 Å². The number of carbonyl (C=O) groups excluding carboxylic acids is 2. The Balaban J connectivity index is 2.09. The van der Waals surface area contributed by atoms with Gasteiger partial charge in [0.15, 0.2) is 0 Å². The molecule has 21 heavy (non-hydrogen) atoms. The van der Waals surface area contributed by atoms with Crippen molar-refractivity contribution in [1.29, 1.82) is 0 Å². The lowest BCUT2D eigenvalue weighted by atomic mass is 9.99. The van der Waals surface area contributed by atoms with Crippen LogP contribution < -0.4 is 4.90 Å². The lowest BCUT2D eigenvalue weighted by Crippen LogP contribution is -2.30. The molecule has 1 fully saturated rings. The third kappa shape index (κ3) is 3.15. The molecule has 2 atom stereocenters. The third-order valence-electron chi connectivity index (χ3n) is 3.86. The first-order chi connectivity index (χ1) is 9.93. The highest BCUT2D eigenvalue weighted by molar-refractivity contribution is 5.94. The summed E-state index contributed by atoms with van der Waals surface area (Å²) < 4.78 is 4.79. The van der Waals surface area contributed by atoms with Gasteiger partial charge in [0, 0.05) is 33.4 Å². The van der Waals surface area contributed by atoms with Crippen molar-refractivity contribution in [3.63, 3.8) is 0 Å². The van der Waals surface area contributed by atoms with Crippen LogP contribution in [0.5, 0.6) is 0 Å². The molecule has 1 amide bonds. The van der Waals surface area contributed by atoms with Crippen LogP contribution in [0.25, 0.3) is 0 Å². The summed E-state index contributed by atoms with van der Waals surface area (Å²) >= 11 is 0. The first-order valence-electron chi connectivity index (χ1n) is 6.94. The summed E-state index contributed by atoms with van der Waals surface area (Å²) in [5.41, 5.74) is 0.540. The van der Waals surface area contributed by atoms with E-state index in [2.05, 4.69) is 4.98 Å². The molecule has 6 nitrogen and oxygen atoms in total. The van der Waals surface area contributed by atoms with Crippen molar-refractivity contribution in [2.24, 2.45) is 11.8 Å². The van der Waals surface area contributed by atoms with Gasteiger partial charge < -0.3 is 14.5 Å². The number of rotatable bonds is 3. The van der Waals surface area contributed by atoms with Crippen LogP contribution in [-0.2, 0) is 9.53 Å². The van der Waals surface area contributed by atoms with Crippen LogP contribution in [-0.4, -0.2) is 56.1 Å². The SMILES string of the molecule is COC(=O)C1CN(C(=O)c2ccc(N(C)C)nc2)CC1C. The summed E-state index contributed by atoms with van der Waals surface area (Å²) in [5.74, 6) is 0.321.